The van der Waals surface area contributed by atoms with Crippen molar-refractivity contribution in [2.75, 3.05) is 19.6 Å². The molecule has 0 radical (unpaired) electrons. The molecule has 3 heteroatoms. The molecule has 2 nitrogen and oxygen atoms in total. The fraction of sp³-hybridized carbons (Fsp3) is 0.833. The normalized spacial score (nSPS) is 8.78. The minimum absolute atomic E-state index is 0. The van der Waals surface area contributed by atoms with Crippen LogP contribution in [0.5, 0.6) is 0 Å². The van der Waals surface area contributed by atoms with E-state index in [0.717, 1.165) is 19.4 Å². The van der Waals surface area contributed by atoms with Gasteiger partial charge in [-0.3, -0.25) is 4.90 Å². The van der Waals surface area contributed by atoms with E-state index in [4.69, 9.17) is 0 Å². The average molecular weight is 123 g/mol. The van der Waals surface area contributed by atoms with Crippen molar-refractivity contribution in [3.05, 3.63) is 0 Å². The maximum absolute atomic E-state index is 9.89. The molecule has 0 bridgehead atoms. The van der Waals surface area contributed by atoms with Gasteiger partial charge in [-0.05, 0) is 13.1 Å². The number of carbonyl (C=O) groups excluding carboxylic acids is 1. The van der Waals surface area contributed by atoms with Gasteiger partial charge >= 0.3 is 18.9 Å². The standard InChI is InChI=1S/C6H13NO.Li.H/c1-3-7(4-2)5-6-8;;/h6H,3-5H2,1-2H3;;. The molecule has 0 aliphatic carbocycles. The van der Waals surface area contributed by atoms with Gasteiger partial charge in [-0.2, -0.15) is 0 Å². The van der Waals surface area contributed by atoms with Crippen LogP contribution in [0.4, 0.5) is 0 Å². The zero-order valence-corrected chi connectivity index (χ0v) is 5.55. The van der Waals surface area contributed by atoms with Gasteiger partial charge in [0.15, 0.2) is 0 Å². The summed E-state index contributed by atoms with van der Waals surface area (Å²) < 4.78 is 0. The van der Waals surface area contributed by atoms with E-state index in [2.05, 4.69) is 4.90 Å². The summed E-state index contributed by atoms with van der Waals surface area (Å²) in [6.07, 6.45) is 0.938. The van der Waals surface area contributed by atoms with Crippen molar-refractivity contribution in [2.45, 2.75) is 13.8 Å². The van der Waals surface area contributed by atoms with Crippen LogP contribution in [-0.2, 0) is 4.79 Å². The summed E-state index contributed by atoms with van der Waals surface area (Å²) in [5.41, 5.74) is 0. The number of hydrogen-bond acceptors (Lipinski definition) is 2. The van der Waals surface area contributed by atoms with Crippen molar-refractivity contribution in [3.63, 3.8) is 0 Å². The van der Waals surface area contributed by atoms with Crippen LogP contribution in [0.25, 0.3) is 0 Å². The quantitative estimate of drug-likeness (QED) is 0.383. The molecule has 0 aliphatic rings. The van der Waals surface area contributed by atoms with Crippen molar-refractivity contribution in [1.82, 2.24) is 4.90 Å². The third-order valence-electron chi connectivity index (χ3n) is 1.23. The van der Waals surface area contributed by atoms with Crippen LogP contribution in [0.1, 0.15) is 13.8 Å². The molecular weight excluding hydrogens is 109 g/mol. The fourth-order valence-corrected chi connectivity index (χ4v) is 0.587. The first kappa shape index (κ1) is 12.0. The summed E-state index contributed by atoms with van der Waals surface area (Å²) in [5.74, 6) is 0. The summed E-state index contributed by atoms with van der Waals surface area (Å²) in [7, 11) is 0. The summed E-state index contributed by atoms with van der Waals surface area (Å²) in [6, 6.07) is 0. The molecule has 0 atom stereocenters. The molecule has 0 aromatic carbocycles. The number of rotatable bonds is 4. The third kappa shape index (κ3) is 6.11. The van der Waals surface area contributed by atoms with Crippen LogP contribution < -0.4 is 0 Å². The molecule has 0 aliphatic heterocycles. The molecular formula is C6H14LiNO. The van der Waals surface area contributed by atoms with E-state index >= 15 is 0 Å². The topological polar surface area (TPSA) is 20.3 Å². The van der Waals surface area contributed by atoms with Gasteiger partial charge in [0, 0.05) is 0 Å². The number of likely N-dealkylation sites (N-methyl/N-ethyl adjacent to an activating group) is 1. The van der Waals surface area contributed by atoms with Crippen molar-refractivity contribution in [2.24, 2.45) is 0 Å². The Morgan fingerprint density at radius 2 is 1.78 bits per heavy atom. The number of carbonyl (C=O) groups is 1. The van der Waals surface area contributed by atoms with Crippen LogP contribution in [0, 0.1) is 0 Å². The summed E-state index contributed by atoms with van der Waals surface area (Å²) >= 11 is 0. The third-order valence-corrected chi connectivity index (χ3v) is 1.23. The van der Waals surface area contributed by atoms with Crippen molar-refractivity contribution in [3.8, 4) is 0 Å². The first-order valence-electron chi connectivity index (χ1n) is 3.01. The monoisotopic (exact) mass is 123 g/mol. The van der Waals surface area contributed by atoms with E-state index in [-0.39, 0.29) is 18.9 Å². The van der Waals surface area contributed by atoms with E-state index in [1.807, 2.05) is 13.8 Å². The SMILES string of the molecule is CCN(CC)CC=O.[LiH]. The van der Waals surface area contributed by atoms with Crippen LogP contribution in [0.15, 0.2) is 0 Å². The predicted octanol–water partition coefficient (Wildman–Crippen LogP) is -0.121. The second-order valence-corrected chi connectivity index (χ2v) is 1.65. The Balaban J connectivity index is 0. The van der Waals surface area contributed by atoms with E-state index in [1.54, 1.807) is 0 Å². The van der Waals surface area contributed by atoms with Crippen LogP contribution in [0.3, 0.4) is 0 Å². The summed E-state index contributed by atoms with van der Waals surface area (Å²) in [5, 5.41) is 0. The Kier molecular flexibility index (Phi) is 10.9. The Hall–Kier alpha value is 0.227. The van der Waals surface area contributed by atoms with Crippen molar-refractivity contribution in [1.29, 1.82) is 0 Å². The molecule has 0 unspecified atom stereocenters. The Morgan fingerprint density at radius 3 is 1.89 bits per heavy atom. The number of nitrogens with zero attached hydrogens (tertiary/aromatic N) is 1. The van der Waals surface area contributed by atoms with E-state index < -0.39 is 0 Å². The Morgan fingerprint density at radius 1 is 1.33 bits per heavy atom. The zero-order valence-electron chi connectivity index (χ0n) is 5.55. The van der Waals surface area contributed by atoms with Crippen LogP contribution in [0.2, 0.25) is 0 Å². The van der Waals surface area contributed by atoms with E-state index in [9.17, 15) is 4.79 Å². The fourth-order valence-electron chi connectivity index (χ4n) is 0.587. The van der Waals surface area contributed by atoms with Gasteiger partial charge < -0.3 is 4.79 Å². The van der Waals surface area contributed by atoms with Crippen LogP contribution in [-0.4, -0.2) is 49.7 Å². The van der Waals surface area contributed by atoms with Gasteiger partial charge in [-0.25, -0.2) is 0 Å². The molecule has 0 amide bonds. The van der Waals surface area contributed by atoms with Gasteiger partial charge in [-0.15, -0.1) is 0 Å². The molecule has 0 fully saturated rings. The molecule has 0 aromatic heterocycles. The Bertz CT molecular complexity index is 64.1. The van der Waals surface area contributed by atoms with Gasteiger partial charge in [0.05, 0.1) is 6.54 Å². The minimum atomic E-state index is 0. The zero-order chi connectivity index (χ0) is 6.41. The van der Waals surface area contributed by atoms with Gasteiger partial charge in [-0.1, -0.05) is 13.8 Å². The molecule has 50 valence electrons. The maximum atomic E-state index is 9.89. The number of hydrogen-bond donors (Lipinski definition) is 0. The average Bonchev–Trinajstić information content (AvgIpc) is 1.83. The summed E-state index contributed by atoms with van der Waals surface area (Å²) in [4.78, 5) is 12.0. The molecule has 0 N–H and O–H groups in total. The molecule has 0 saturated carbocycles. The molecule has 9 heavy (non-hydrogen) atoms. The first-order chi connectivity index (χ1) is 3.85. The molecule has 0 aromatic rings. The van der Waals surface area contributed by atoms with E-state index in [1.165, 1.54) is 0 Å². The second-order valence-electron chi connectivity index (χ2n) is 1.65. The molecule has 0 spiro atoms. The van der Waals surface area contributed by atoms with Gasteiger partial charge in [0.2, 0.25) is 0 Å². The molecule has 0 rings (SSSR count). The van der Waals surface area contributed by atoms with Crippen molar-refractivity contribution >= 4 is 25.1 Å². The second kappa shape index (κ2) is 8.23. The van der Waals surface area contributed by atoms with E-state index in [0.29, 0.717) is 6.54 Å². The van der Waals surface area contributed by atoms with Crippen molar-refractivity contribution < 1.29 is 4.79 Å². The number of aldehydes is 1. The molecule has 0 heterocycles. The Labute approximate surface area is 68.8 Å². The van der Waals surface area contributed by atoms with Crippen LogP contribution >= 0.6 is 0 Å². The van der Waals surface area contributed by atoms with Gasteiger partial charge in [0.25, 0.3) is 0 Å². The predicted molar refractivity (Wildman–Crippen MR) is 41.0 cm³/mol. The summed E-state index contributed by atoms with van der Waals surface area (Å²) in [6.45, 7) is 6.61. The van der Waals surface area contributed by atoms with Gasteiger partial charge in [0.1, 0.15) is 6.29 Å². The molecule has 0 saturated heterocycles. The first-order valence-corrected chi connectivity index (χ1v) is 3.01.